The van der Waals surface area contributed by atoms with Gasteiger partial charge in [0.05, 0.1) is 6.10 Å². The molecule has 0 unspecified atom stereocenters. The zero-order chi connectivity index (χ0) is 11.4. The maximum absolute atomic E-state index is 11.8. The molecule has 4 nitrogen and oxygen atoms in total. The van der Waals surface area contributed by atoms with Crippen molar-refractivity contribution in [3.05, 3.63) is 30.1 Å². The molecule has 0 aromatic carbocycles. The Kier molecular flexibility index (Phi) is 3.51. The molecule has 4 heteroatoms. The summed E-state index contributed by atoms with van der Waals surface area (Å²) in [5.74, 6) is -0.0355. The number of hydrogen-bond acceptors (Lipinski definition) is 2. The molecule has 1 aromatic heterocycles. The van der Waals surface area contributed by atoms with Crippen molar-refractivity contribution in [3.8, 4) is 0 Å². The van der Waals surface area contributed by atoms with Crippen LogP contribution in [-0.2, 0) is 11.8 Å². The molecular formula is C12H17N2O2+. The minimum Gasteiger partial charge on any atom is -0.376 e. The fraction of sp³-hybridized carbons (Fsp3) is 0.500. The second-order valence-corrected chi connectivity index (χ2v) is 4.10. The first-order valence-corrected chi connectivity index (χ1v) is 5.61. The van der Waals surface area contributed by atoms with Gasteiger partial charge in [-0.1, -0.05) is 0 Å². The van der Waals surface area contributed by atoms with Gasteiger partial charge in [-0.3, -0.25) is 4.79 Å². The maximum atomic E-state index is 11.8. The second kappa shape index (κ2) is 5.07. The van der Waals surface area contributed by atoms with E-state index in [1.807, 2.05) is 36.1 Å². The van der Waals surface area contributed by atoms with Crippen molar-refractivity contribution in [2.45, 2.75) is 18.9 Å². The van der Waals surface area contributed by atoms with Gasteiger partial charge in [0, 0.05) is 19.2 Å². The third-order valence-electron chi connectivity index (χ3n) is 2.72. The molecule has 16 heavy (non-hydrogen) atoms. The van der Waals surface area contributed by atoms with Crippen molar-refractivity contribution in [2.24, 2.45) is 7.05 Å². The van der Waals surface area contributed by atoms with Crippen LogP contribution in [0.4, 0.5) is 0 Å². The highest BCUT2D eigenvalue weighted by Gasteiger charge is 2.17. The quantitative estimate of drug-likeness (QED) is 0.752. The molecule has 1 aromatic rings. The summed E-state index contributed by atoms with van der Waals surface area (Å²) in [5, 5.41) is 2.89. The molecule has 1 saturated heterocycles. The number of aromatic nitrogens is 1. The van der Waals surface area contributed by atoms with E-state index in [9.17, 15) is 4.79 Å². The van der Waals surface area contributed by atoms with Crippen molar-refractivity contribution in [3.63, 3.8) is 0 Å². The Morgan fingerprint density at radius 3 is 3.25 bits per heavy atom. The van der Waals surface area contributed by atoms with Crippen molar-refractivity contribution in [1.29, 1.82) is 0 Å². The van der Waals surface area contributed by atoms with Gasteiger partial charge >= 0.3 is 0 Å². The number of nitrogens with zero attached hydrogens (tertiary/aromatic N) is 1. The number of carbonyl (C=O) groups excluding carboxylic acids is 1. The molecule has 0 radical (unpaired) electrons. The van der Waals surface area contributed by atoms with Crippen molar-refractivity contribution in [2.75, 3.05) is 13.2 Å². The number of aryl methyl sites for hydroxylation is 1. The molecule has 1 aliphatic heterocycles. The van der Waals surface area contributed by atoms with Crippen LogP contribution in [0.25, 0.3) is 0 Å². The Hall–Kier alpha value is -1.42. The van der Waals surface area contributed by atoms with Gasteiger partial charge in [0.2, 0.25) is 0 Å². The summed E-state index contributed by atoms with van der Waals surface area (Å²) in [7, 11) is 1.90. The predicted molar refractivity (Wildman–Crippen MR) is 58.9 cm³/mol. The van der Waals surface area contributed by atoms with E-state index in [4.69, 9.17) is 4.74 Å². The van der Waals surface area contributed by atoms with Crippen LogP contribution in [-0.4, -0.2) is 25.2 Å². The summed E-state index contributed by atoms with van der Waals surface area (Å²) in [6, 6.07) is 3.67. The highest BCUT2D eigenvalue weighted by atomic mass is 16.5. The normalized spacial score (nSPS) is 19.7. The van der Waals surface area contributed by atoms with Crippen LogP contribution < -0.4 is 9.88 Å². The van der Waals surface area contributed by atoms with Gasteiger partial charge in [-0.15, -0.1) is 0 Å². The molecule has 1 N–H and O–H groups in total. The van der Waals surface area contributed by atoms with E-state index in [1.165, 1.54) is 0 Å². The SMILES string of the molecule is C[n+]1cccc(C(=O)NC[C@H]2CCCO2)c1. The molecule has 86 valence electrons. The highest BCUT2D eigenvalue weighted by molar-refractivity contribution is 5.93. The van der Waals surface area contributed by atoms with Crippen LogP contribution in [0.2, 0.25) is 0 Å². The molecule has 1 atom stereocenters. The Labute approximate surface area is 95.2 Å². The van der Waals surface area contributed by atoms with Gasteiger partial charge in [-0.25, -0.2) is 4.57 Å². The molecule has 0 saturated carbocycles. The third-order valence-corrected chi connectivity index (χ3v) is 2.72. The number of rotatable bonds is 3. The van der Waals surface area contributed by atoms with E-state index in [0.717, 1.165) is 19.4 Å². The molecule has 2 rings (SSSR count). The number of carbonyl (C=O) groups is 1. The fourth-order valence-electron chi connectivity index (χ4n) is 1.84. The van der Waals surface area contributed by atoms with Gasteiger partial charge in [0.25, 0.3) is 5.91 Å². The minimum atomic E-state index is -0.0355. The Morgan fingerprint density at radius 2 is 2.56 bits per heavy atom. The van der Waals surface area contributed by atoms with E-state index in [-0.39, 0.29) is 12.0 Å². The predicted octanol–water partition coefficient (Wildman–Crippen LogP) is 0.420. The molecular weight excluding hydrogens is 204 g/mol. The number of hydrogen-bond donors (Lipinski definition) is 1. The Morgan fingerprint density at radius 1 is 1.69 bits per heavy atom. The average molecular weight is 221 g/mol. The molecule has 1 fully saturated rings. The van der Waals surface area contributed by atoms with Crippen molar-refractivity contribution in [1.82, 2.24) is 5.32 Å². The number of amides is 1. The van der Waals surface area contributed by atoms with Crippen LogP contribution in [0, 0.1) is 0 Å². The van der Waals surface area contributed by atoms with E-state index in [2.05, 4.69) is 5.32 Å². The first-order chi connectivity index (χ1) is 7.75. The summed E-state index contributed by atoms with van der Waals surface area (Å²) in [6.45, 7) is 1.43. The summed E-state index contributed by atoms with van der Waals surface area (Å²) >= 11 is 0. The summed E-state index contributed by atoms with van der Waals surface area (Å²) in [6.07, 6.45) is 6.05. The van der Waals surface area contributed by atoms with Crippen LogP contribution in [0.15, 0.2) is 24.5 Å². The zero-order valence-electron chi connectivity index (χ0n) is 9.48. The van der Waals surface area contributed by atoms with Crippen LogP contribution in [0.1, 0.15) is 23.2 Å². The van der Waals surface area contributed by atoms with E-state index >= 15 is 0 Å². The van der Waals surface area contributed by atoms with Gasteiger partial charge in [0.15, 0.2) is 12.4 Å². The third kappa shape index (κ3) is 2.79. The maximum Gasteiger partial charge on any atom is 0.257 e. The van der Waals surface area contributed by atoms with Crippen LogP contribution >= 0.6 is 0 Å². The topological polar surface area (TPSA) is 42.2 Å². The summed E-state index contributed by atoms with van der Waals surface area (Å²) < 4.78 is 7.31. The smallest absolute Gasteiger partial charge is 0.257 e. The fourth-order valence-corrected chi connectivity index (χ4v) is 1.84. The molecule has 0 spiro atoms. The van der Waals surface area contributed by atoms with Gasteiger partial charge < -0.3 is 10.1 Å². The van der Waals surface area contributed by atoms with Gasteiger partial charge in [-0.05, 0) is 18.9 Å². The lowest BCUT2D eigenvalue weighted by atomic mass is 10.2. The van der Waals surface area contributed by atoms with E-state index in [0.29, 0.717) is 12.1 Å². The molecule has 1 amide bonds. The molecule has 0 bridgehead atoms. The monoisotopic (exact) mass is 221 g/mol. The molecule has 0 aliphatic carbocycles. The number of ether oxygens (including phenoxy) is 1. The Bertz CT molecular complexity index is 373. The Balaban J connectivity index is 1.87. The highest BCUT2D eigenvalue weighted by Crippen LogP contribution is 2.10. The zero-order valence-corrected chi connectivity index (χ0v) is 9.48. The number of nitrogens with one attached hydrogen (secondary N) is 1. The minimum absolute atomic E-state index is 0.0355. The van der Waals surface area contributed by atoms with Crippen molar-refractivity contribution < 1.29 is 14.1 Å². The van der Waals surface area contributed by atoms with Crippen LogP contribution in [0.3, 0.4) is 0 Å². The molecule has 1 aliphatic rings. The lowest BCUT2D eigenvalue weighted by molar-refractivity contribution is -0.671. The van der Waals surface area contributed by atoms with Crippen LogP contribution in [0.5, 0.6) is 0 Å². The van der Waals surface area contributed by atoms with Gasteiger partial charge in [-0.2, -0.15) is 0 Å². The lowest BCUT2D eigenvalue weighted by Crippen LogP contribution is -2.34. The van der Waals surface area contributed by atoms with E-state index in [1.54, 1.807) is 0 Å². The lowest BCUT2D eigenvalue weighted by Gasteiger charge is -2.09. The van der Waals surface area contributed by atoms with Gasteiger partial charge in [0.1, 0.15) is 12.6 Å². The molecule has 2 heterocycles. The van der Waals surface area contributed by atoms with E-state index < -0.39 is 0 Å². The summed E-state index contributed by atoms with van der Waals surface area (Å²) in [4.78, 5) is 11.8. The second-order valence-electron chi connectivity index (χ2n) is 4.10. The van der Waals surface area contributed by atoms with Crippen molar-refractivity contribution >= 4 is 5.91 Å². The average Bonchev–Trinajstić information content (AvgIpc) is 2.78. The first kappa shape index (κ1) is 11.1. The first-order valence-electron chi connectivity index (χ1n) is 5.61. The summed E-state index contributed by atoms with van der Waals surface area (Å²) in [5.41, 5.74) is 0.683. The number of pyridine rings is 1. The largest absolute Gasteiger partial charge is 0.376 e. The standard InChI is InChI=1S/C12H16N2O2/c1-14-6-2-4-10(9-14)12(15)13-8-11-5-3-7-16-11/h2,4,6,9,11H,3,5,7-8H2,1H3/p+1/t11-/m1/s1.